The summed E-state index contributed by atoms with van der Waals surface area (Å²) >= 11 is 0. The van der Waals surface area contributed by atoms with Crippen molar-refractivity contribution in [1.82, 2.24) is 5.32 Å². The molecule has 0 atom stereocenters. The molecule has 0 aliphatic rings. The van der Waals surface area contributed by atoms with E-state index in [1.807, 2.05) is 12.1 Å². The van der Waals surface area contributed by atoms with Gasteiger partial charge < -0.3 is 19.5 Å². The maximum atomic E-state index is 12.2. The normalized spacial score (nSPS) is 10.3. The molecule has 8 heteroatoms. The van der Waals surface area contributed by atoms with Gasteiger partial charge in [0, 0.05) is 24.8 Å². The molecule has 0 fully saturated rings. The third-order valence-corrected chi connectivity index (χ3v) is 3.99. The first kappa shape index (κ1) is 20.2. The van der Waals surface area contributed by atoms with Crippen molar-refractivity contribution >= 4 is 11.6 Å². The lowest BCUT2D eigenvalue weighted by atomic mass is 10.1. The van der Waals surface area contributed by atoms with Crippen molar-refractivity contribution in [3.63, 3.8) is 0 Å². The number of nitrogens with one attached hydrogen (secondary N) is 1. The molecule has 0 saturated carbocycles. The standard InChI is InChI=1S/C19H22N2O6/c1-25-12-13-4-6-14(7-5-13)19(22)20-9-8-15-10-17(26-2)18(27-3)11-16(15)21(23)24/h4-7,10-11H,8-9,12H2,1-3H3,(H,20,22). The van der Waals surface area contributed by atoms with Crippen LogP contribution >= 0.6 is 0 Å². The second kappa shape index (κ2) is 9.54. The summed E-state index contributed by atoms with van der Waals surface area (Å²) in [5.41, 5.74) is 1.85. The minimum absolute atomic E-state index is 0.0779. The highest BCUT2D eigenvalue weighted by molar-refractivity contribution is 5.94. The van der Waals surface area contributed by atoms with Crippen molar-refractivity contribution < 1.29 is 23.9 Å². The molecule has 0 aliphatic carbocycles. The fourth-order valence-corrected chi connectivity index (χ4v) is 2.61. The predicted molar refractivity (Wildman–Crippen MR) is 99.4 cm³/mol. The van der Waals surface area contributed by atoms with Crippen LogP contribution in [-0.2, 0) is 17.8 Å². The van der Waals surface area contributed by atoms with Crippen LogP contribution in [0.2, 0.25) is 0 Å². The Hall–Kier alpha value is -3.13. The van der Waals surface area contributed by atoms with Gasteiger partial charge in [-0.2, -0.15) is 0 Å². The van der Waals surface area contributed by atoms with E-state index in [0.717, 1.165) is 5.56 Å². The van der Waals surface area contributed by atoms with Crippen LogP contribution in [-0.4, -0.2) is 38.7 Å². The van der Waals surface area contributed by atoms with E-state index in [-0.39, 0.29) is 30.3 Å². The molecular weight excluding hydrogens is 352 g/mol. The van der Waals surface area contributed by atoms with E-state index in [1.54, 1.807) is 25.3 Å². The zero-order valence-electron chi connectivity index (χ0n) is 15.5. The van der Waals surface area contributed by atoms with E-state index in [4.69, 9.17) is 14.2 Å². The Morgan fingerprint density at radius 1 is 1.07 bits per heavy atom. The molecule has 0 aliphatic heterocycles. The SMILES string of the molecule is COCc1ccc(C(=O)NCCc2cc(OC)c(OC)cc2[N+](=O)[O-])cc1. The molecule has 144 valence electrons. The molecule has 27 heavy (non-hydrogen) atoms. The third-order valence-electron chi connectivity index (χ3n) is 3.99. The Bertz CT molecular complexity index is 805. The first-order valence-electron chi connectivity index (χ1n) is 8.25. The fraction of sp³-hybridized carbons (Fsp3) is 0.316. The minimum Gasteiger partial charge on any atom is -0.493 e. The number of hydrogen-bond acceptors (Lipinski definition) is 6. The van der Waals surface area contributed by atoms with Crippen molar-refractivity contribution in [1.29, 1.82) is 0 Å². The summed E-state index contributed by atoms with van der Waals surface area (Å²) in [6.45, 7) is 0.722. The molecule has 0 spiro atoms. The van der Waals surface area contributed by atoms with Gasteiger partial charge in [0.05, 0.1) is 31.8 Å². The molecular formula is C19H22N2O6. The summed E-state index contributed by atoms with van der Waals surface area (Å²) in [6.07, 6.45) is 0.282. The van der Waals surface area contributed by atoms with E-state index >= 15 is 0 Å². The van der Waals surface area contributed by atoms with E-state index in [9.17, 15) is 14.9 Å². The van der Waals surface area contributed by atoms with E-state index < -0.39 is 4.92 Å². The van der Waals surface area contributed by atoms with Crippen LogP contribution in [0.3, 0.4) is 0 Å². The van der Waals surface area contributed by atoms with E-state index in [2.05, 4.69) is 5.32 Å². The van der Waals surface area contributed by atoms with Gasteiger partial charge in [-0.05, 0) is 30.2 Å². The van der Waals surface area contributed by atoms with Crippen LogP contribution in [0.1, 0.15) is 21.5 Å². The van der Waals surface area contributed by atoms with Gasteiger partial charge in [0.25, 0.3) is 11.6 Å². The second-order valence-corrected chi connectivity index (χ2v) is 5.73. The summed E-state index contributed by atoms with van der Waals surface area (Å²) in [4.78, 5) is 23.1. The number of carbonyl (C=O) groups is 1. The van der Waals surface area contributed by atoms with Gasteiger partial charge in [-0.15, -0.1) is 0 Å². The van der Waals surface area contributed by atoms with Gasteiger partial charge in [-0.25, -0.2) is 0 Å². The summed E-state index contributed by atoms with van der Waals surface area (Å²) in [7, 11) is 4.48. The predicted octanol–water partition coefficient (Wildman–Crippen LogP) is 2.73. The number of carbonyl (C=O) groups excluding carboxylic acids is 1. The molecule has 0 saturated heterocycles. The Morgan fingerprint density at radius 2 is 1.70 bits per heavy atom. The van der Waals surface area contributed by atoms with Gasteiger partial charge in [0.2, 0.25) is 0 Å². The molecule has 2 aromatic carbocycles. The lowest BCUT2D eigenvalue weighted by molar-refractivity contribution is -0.385. The van der Waals surface area contributed by atoms with Crippen molar-refractivity contribution in [2.24, 2.45) is 0 Å². The zero-order chi connectivity index (χ0) is 19.8. The Kier molecular flexibility index (Phi) is 7.13. The molecule has 0 radical (unpaired) electrons. The molecule has 8 nitrogen and oxygen atoms in total. The van der Waals surface area contributed by atoms with Crippen LogP contribution in [0, 0.1) is 10.1 Å². The minimum atomic E-state index is -0.479. The highest BCUT2D eigenvalue weighted by Gasteiger charge is 2.19. The van der Waals surface area contributed by atoms with E-state index in [0.29, 0.717) is 23.5 Å². The number of hydrogen-bond donors (Lipinski definition) is 1. The van der Waals surface area contributed by atoms with Crippen LogP contribution < -0.4 is 14.8 Å². The molecule has 2 aromatic rings. The third kappa shape index (κ3) is 5.18. The smallest absolute Gasteiger partial charge is 0.276 e. The zero-order valence-corrected chi connectivity index (χ0v) is 15.5. The monoisotopic (exact) mass is 374 g/mol. The largest absolute Gasteiger partial charge is 0.493 e. The van der Waals surface area contributed by atoms with Gasteiger partial charge in [0.15, 0.2) is 11.5 Å². The number of rotatable bonds is 9. The maximum Gasteiger partial charge on any atom is 0.276 e. The first-order chi connectivity index (χ1) is 13.0. The first-order valence-corrected chi connectivity index (χ1v) is 8.25. The second-order valence-electron chi connectivity index (χ2n) is 5.73. The number of amides is 1. The number of nitrogens with zero attached hydrogens (tertiary/aromatic N) is 1. The Morgan fingerprint density at radius 3 is 2.26 bits per heavy atom. The summed E-state index contributed by atoms with van der Waals surface area (Å²) < 4.78 is 15.3. The number of methoxy groups -OCH3 is 3. The highest BCUT2D eigenvalue weighted by atomic mass is 16.6. The summed E-state index contributed by atoms with van der Waals surface area (Å²) in [5, 5.41) is 14.1. The average Bonchev–Trinajstić information content (AvgIpc) is 2.68. The van der Waals surface area contributed by atoms with Crippen LogP contribution in [0.4, 0.5) is 5.69 Å². The lowest BCUT2D eigenvalue weighted by Gasteiger charge is -2.11. The number of nitro benzene ring substituents is 1. The fourth-order valence-electron chi connectivity index (χ4n) is 2.61. The van der Waals surface area contributed by atoms with Crippen LogP contribution in [0.15, 0.2) is 36.4 Å². The van der Waals surface area contributed by atoms with Crippen LogP contribution in [0.5, 0.6) is 11.5 Å². The Balaban J connectivity index is 2.05. The molecule has 0 unspecified atom stereocenters. The molecule has 2 rings (SSSR count). The molecule has 1 N–H and O–H groups in total. The quantitative estimate of drug-likeness (QED) is 0.535. The number of ether oxygens (including phenoxy) is 3. The maximum absolute atomic E-state index is 12.2. The van der Waals surface area contributed by atoms with Crippen molar-refractivity contribution in [3.8, 4) is 11.5 Å². The van der Waals surface area contributed by atoms with E-state index in [1.165, 1.54) is 20.3 Å². The topological polar surface area (TPSA) is 99.9 Å². The lowest BCUT2D eigenvalue weighted by Crippen LogP contribution is -2.25. The molecule has 1 amide bonds. The summed E-state index contributed by atoms with van der Waals surface area (Å²) in [6, 6.07) is 9.94. The molecule has 0 aromatic heterocycles. The Labute approximate surface area is 157 Å². The highest BCUT2D eigenvalue weighted by Crippen LogP contribution is 2.34. The van der Waals surface area contributed by atoms with Gasteiger partial charge >= 0.3 is 0 Å². The molecule has 0 bridgehead atoms. The van der Waals surface area contributed by atoms with Crippen molar-refractivity contribution in [2.45, 2.75) is 13.0 Å². The number of benzene rings is 2. The van der Waals surface area contributed by atoms with Crippen molar-refractivity contribution in [2.75, 3.05) is 27.9 Å². The van der Waals surface area contributed by atoms with Crippen LogP contribution in [0.25, 0.3) is 0 Å². The van der Waals surface area contributed by atoms with Gasteiger partial charge in [0.1, 0.15) is 0 Å². The van der Waals surface area contributed by atoms with Crippen molar-refractivity contribution in [3.05, 3.63) is 63.2 Å². The number of nitro groups is 1. The average molecular weight is 374 g/mol. The van der Waals surface area contributed by atoms with Gasteiger partial charge in [-0.3, -0.25) is 14.9 Å². The van der Waals surface area contributed by atoms with Gasteiger partial charge in [-0.1, -0.05) is 12.1 Å². The molecule has 0 heterocycles. The summed E-state index contributed by atoms with van der Waals surface area (Å²) in [5.74, 6) is 0.438.